The standard InChI is InChI=1S/C19H24N4O3/c1-14(26-16-8-6-10-20-13-16)12-21-19(25)22-17-9-5-4-7-15(17)11-18(24)23(2)3/h4-10,13-14H,11-12H2,1-3H3,(H2,21,22,25). The van der Waals surface area contributed by atoms with E-state index in [1.54, 1.807) is 38.6 Å². The van der Waals surface area contributed by atoms with Crippen molar-refractivity contribution in [1.82, 2.24) is 15.2 Å². The van der Waals surface area contributed by atoms with Gasteiger partial charge >= 0.3 is 6.03 Å². The van der Waals surface area contributed by atoms with E-state index >= 15 is 0 Å². The summed E-state index contributed by atoms with van der Waals surface area (Å²) in [5.74, 6) is 0.618. The van der Waals surface area contributed by atoms with Crippen LogP contribution in [0.1, 0.15) is 12.5 Å². The topological polar surface area (TPSA) is 83.6 Å². The summed E-state index contributed by atoms with van der Waals surface area (Å²) < 4.78 is 5.66. The SMILES string of the molecule is CC(CNC(=O)Nc1ccccc1CC(=O)N(C)C)Oc1cccnc1. The van der Waals surface area contributed by atoms with Gasteiger partial charge in [-0.05, 0) is 30.7 Å². The summed E-state index contributed by atoms with van der Waals surface area (Å²) in [4.78, 5) is 29.6. The number of pyridine rings is 1. The van der Waals surface area contributed by atoms with Crippen LogP contribution in [-0.2, 0) is 11.2 Å². The molecular weight excluding hydrogens is 332 g/mol. The maximum atomic E-state index is 12.2. The number of urea groups is 1. The molecule has 1 heterocycles. The van der Waals surface area contributed by atoms with E-state index in [2.05, 4.69) is 15.6 Å². The third kappa shape index (κ3) is 6.08. The highest BCUT2D eigenvalue weighted by Gasteiger charge is 2.12. The molecule has 0 spiro atoms. The van der Waals surface area contributed by atoms with Crippen LogP contribution in [0.15, 0.2) is 48.8 Å². The molecule has 0 fully saturated rings. The molecule has 26 heavy (non-hydrogen) atoms. The number of nitrogens with zero attached hydrogens (tertiary/aromatic N) is 2. The largest absolute Gasteiger partial charge is 0.487 e. The highest BCUT2D eigenvalue weighted by atomic mass is 16.5. The molecule has 1 unspecified atom stereocenters. The molecule has 2 aromatic rings. The molecule has 0 aliphatic carbocycles. The van der Waals surface area contributed by atoms with Crippen LogP contribution in [-0.4, -0.2) is 48.6 Å². The Morgan fingerprint density at radius 2 is 1.96 bits per heavy atom. The maximum Gasteiger partial charge on any atom is 0.319 e. The van der Waals surface area contributed by atoms with Crippen molar-refractivity contribution < 1.29 is 14.3 Å². The normalized spacial score (nSPS) is 11.3. The number of benzene rings is 1. The zero-order chi connectivity index (χ0) is 18.9. The van der Waals surface area contributed by atoms with Crippen molar-refractivity contribution in [3.63, 3.8) is 0 Å². The van der Waals surface area contributed by atoms with Gasteiger partial charge in [0.1, 0.15) is 11.9 Å². The summed E-state index contributed by atoms with van der Waals surface area (Å²) in [6.07, 6.45) is 3.30. The summed E-state index contributed by atoms with van der Waals surface area (Å²) in [6.45, 7) is 2.19. The van der Waals surface area contributed by atoms with E-state index in [-0.39, 0.29) is 24.5 Å². The predicted molar refractivity (Wildman–Crippen MR) is 100 cm³/mol. The van der Waals surface area contributed by atoms with Crippen molar-refractivity contribution in [3.05, 3.63) is 54.4 Å². The Morgan fingerprint density at radius 3 is 2.65 bits per heavy atom. The number of carbonyl (C=O) groups excluding carboxylic acids is 2. The Kier molecular flexibility index (Phi) is 6.96. The van der Waals surface area contributed by atoms with E-state index < -0.39 is 0 Å². The van der Waals surface area contributed by atoms with Gasteiger partial charge in [0.15, 0.2) is 0 Å². The number of hydrogen-bond acceptors (Lipinski definition) is 4. The van der Waals surface area contributed by atoms with Gasteiger partial charge in [-0.1, -0.05) is 18.2 Å². The Morgan fingerprint density at radius 1 is 1.19 bits per heavy atom. The first-order valence-electron chi connectivity index (χ1n) is 8.35. The van der Waals surface area contributed by atoms with Gasteiger partial charge in [-0.3, -0.25) is 9.78 Å². The second-order valence-corrected chi connectivity index (χ2v) is 6.07. The van der Waals surface area contributed by atoms with Gasteiger partial charge in [0.2, 0.25) is 5.91 Å². The molecule has 7 heteroatoms. The van der Waals surface area contributed by atoms with Crippen LogP contribution >= 0.6 is 0 Å². The van der Waals surface area contributed by atoms with E-state index in [4.69, 9.17) is 4.74 Å². The molecule has 0 radical (unpaired) electrons. The van der Waals surface area contributed by atoms with Crippen LogP contribution in [0.2, 0.25) is 0 Å². The molecule has 3 amide bonds. The Balaban J connectivity index is 1.86. The molecule has 138 valence electrons. The molecular formula is C19H24N4O3. The van der Waals surface area contributed by atoms with Gasteiger partial charge in [0.25, 0.3) is 0 Å². The number of aromatic nitrogens is 1. The summed E-state index contributed by atoms with van der Waals surface area (Å²) in [7, 11) is 3.41. The minimum atomic E-state index is -0.351. The molecule has 7 nitrogen and oxygen atoms in total. The van der Waals surface area contributed by atoms with E-state index in [1.807, 2.05) is 31.2 Å². The Hall–Kier alpha value is -3.09. The van der Waals surface area contributed by atoms with Crippen LogP contribution in [0.3, 0.4) is 0 Å². The van der Waals surface area contributed by atoms with Gasteiger partial charge in [-0.15, -0.1) is 0 Å². The lowest BCUT2D eigenvalue weighted by Gasteiger charge is -2.17. The number of anilines is 1. The minimum Gasteiger partial charge on any atom is -0.487 e. The molecule has 0 aliphatic heterocycles. The summed E-state index contributed by atoms with van der Waals surface area (Å²) in [6, 6.07) is 10.5. The molecule has 0 aliphatic rings. The van der Waals surface area contributed by atoms with Crippen molar-refractivity contribution in [1.29, 1.82) is 0 Å². The Bertz CT molecular complexity index is 735. The van der Waals surface area contributed by atoms with Crippen molar-refractivity contribution in [2.75, 3.05) is 26.0 Å². The van der Waals surface area contributed by atoms with Gasteiger partial charge in [0, 0.05) is 26.0 Å². The highest BCUT2D eigenvalue weighted by Crippen LogP contribution is 2.16. The molecule has 1 aromatic heterocycles. The van der Waals surface area contributed by atoms with Gasteiger partial charge in [0.05, 0.1) is 19.2 Å². The third-order valence-corrected chi connectivity index (χ3v) is 3.63. The van der Waals surface area contributed by atoms with E-state index in [1.165, 1.54) is 4.90 Å². The number of para-hydroxylation sites is 1. The van der Waals surface area contributed by atoms with Crippen LogP contribution in [0, 0.1) is 0 Å². The fourth-order valence-electron chi connectivity index (χ4n) is 2.21. The zero-order valence-corrected chi connectivity index (χ0v) is 15.2. The number of likely N-dealkylation sites (N-methyl/N-ethyl adjacent to an activating group) is 1. The van der Waals surface area contributed by atoms with Crippen molar-refractivity contribution >= 4 is 17.6 Å². The number of carbonyl (C=O) groups is 2. The average Bonchev–Trinajstić information content (AvgIpc) is 2.62. The molecule has 0 saturated carbocycles. The first-order chi connectivity index (χ1) is 12.5. The van der Waals surface area contributed by atoms with Crippen molar-refractivity contribution in [2.24, 2.45) is 0 Å². The summed E-state index contributed by atoms with van der Waals surface area (Å²) >= 11 is 0. The lowest BCUT2D eigenvalue weighted by Crippen LogP contribution is -2.36. The third-order valence-electron chi connectivity index (χ3n) is 3.63. The van der Waals surface area contributed by atoms with Crippen LogP contribution < -0.4 is 15.4 Å². The predicted octanol–water partition coefficient (Wildman–Crippen LogP) is 2.30. The van der Waals surface area contributed by atoms with Crippen molar-refractivity contribution in [2.45, 2.75) is 19.4 Å². The minimum absolute atomic E-state index is 0.0295. The molecule has 1 aromatic carbocycles. The lowest BCUT2D eigenvalue weighted by atomic mass is 10.1. The van der Waals surface area contributed by atoms with E-state index in [0.29, 0.717) is 18.0 Å². The molecule has 2 N–H and O–H groups in total. The molecule has 1 atom stereocenters. The lowest BCUT2D eigenvalue weighted by molar-refractivity contribution is -0.127. The summed E-state index contributed by atoms with van der Waals surface area (Å²) in [5.41, 5.74) is 1.38. The number of amides is 3. The number of ether oxygens (including phenoxy) is 1. The maximum absolute atomic E-state index is 12.2. The smallest absolute Gasteiger partial charge is 0.319 e. The molecule has 0 bridgehead atoms. The fourth-order valence-corrected chi connectivity index (χ4v) is 2.21. The quantitative estimate of drug-likeness (QED) is 0.797. The van der Waals surface area contributed by atoms with E-state index in [0.717, 1.165) is 5.56 Å². The monoisotopic (exact) mass is 356 g/mol. The van der Waals surface area contributed by atoms with Gasteiger partial charge in [-0.25, -0.2) is 4.79 Å². The second-order valence-electron chi connectivity index (χ2n) is 6.07. The van der Waals surface area contributed by atoms with E-state index in [9.17, 15) is 9.59 Å². The second kappa shape index (κ2) is 9.41. The number of hydrogen-bond donors (Lipinski definition) is 2. The molecule has 2 rings (SSSR count). The Labute approximate surface area is 153 Å². The van der Waals surface area contributed by atoms with Crippen molar-refractivity contribution in [3.8, 4) is 5.75 Å². The molecule has 0 saturated heterocycles. The number of nitrogens with one attached hydrogen (secondary N) is 2. The fraction of sp³-hybridized carbons (Fsp3) is 0.316. The van der Waals surface area contributed by atoms with Gasteiger partial charge in [-0.2, -0.15) is 0 Å². The average molecular weight is 356 g/mol. The van der Waals surface area contributed by atoms with Gasteiger partial charge < -0.3 is 20.3 Å². The van der Waals surface area contributed by atoms with Crippen LogP contribution in [0.25, 0.3) is 0 Å². The number of rotatable bonds is 7. The van der Waals surface area contributed by atoms with Crippen LogP contribution in [0.5, 0.6) is 5.75 Å². The van der Waals surface area contributed by atoms with Crippen LogP contribution in [0.4, 0.5) is 10.5 Å². The summed E-state index contributed by atoms with van der Waals surface area (Å²) in [5, 5.41) is 5.55. The first-order valence-corrected chi connectivity index (χ1v) is 8.35. The first kappa shape index (κ1) is 19.2. The highest BCUT2D eigenvalue weighted by molar-refractivity contribution is 5.91. The zero-order valence-electron chi connectivity index (χ0n) is 15.2.